The van der Waals surface area contributed by atoms with Crippen LogP contribution < -0.4 is 11.5 Å². The van der Waals surface area contributed by atoms with E-state index in [0.29, 0.717) is 23.2 Å². The topological polar surface area (TPSA) is 101 Å². The maximum atomic E-state index is 5.83. The standard InChI is InChI=1S/C11H10N6/c12-7-3-1-6(2-4-7)10-16-9(13)8-11(17-10)15-5-14-8/h1-5,8H,12H2,(H2,13,14,15,16,17). The monoisotopic (exact) mass is 226 g/mol. The van der Waals surface area contributed by atoms with E-state index in [1.54, 1.807) is 12.1 Å². The van der Waals surface area contributed by atoms with Crippen LogP contribution in [0.15, 0.2) is 44.2 Å². The molecule has 17 heavy (non-hydrogen) atoms. The summed E-state index contributed by atoms with van der Waals surface area (Å²) < 4.78 is 0. The Morgan fingerprint density at radius 3 is 2.53 bits per heavy atom. The minimum atomic E-state index is -0.312. The van der Waals surface area contributed by atoms with Crippen LogP contribution in [0.25, 0.3) is 0 Å². The Morgan fingerprint density at radius 1 is 1.00 bits per heavy atom. The molecule has 2 aliphatic rings. The fourth-order valence-electron chi connectivity index (χ4n) is 1.67. The van der Waals surface area contributed by atoms with E-state index >= 15 is 0 Å². The molecule has 0 saturated carbocycles. The smallest absolute Gasteiger partial charge is 0.168 e. The lowest BCUT2D eigenvalue weighted by atomic mass is 10.1. The number of nitrogens with zero attached hydrogens (tertiary/aromatic N) is 4. The summed E-state index contributed by atoms with van der Waals surface area (Å²) in [5, 5.41) is 0. The number of benzene rings is 1. The van der Waals surface area contributed by atoms with Crippen molar-refractivity contribution < 1.29 is 0 Å². The molecule has 6 heteroatoms. The quantitative estimate of drug-likeness (QED) is 0.668. The van der Waals surface area contributed by atoms with E-state index in [-0.39, 0.29) is 6.04 Å². The molecule has 1 aromatic rings. The molecular formula is C11H10N6. The Labute approximate surface area is 97.5 Å². The molecular weight excluding hydrogens is 216 g/mol. The van der Waals surface area contributed by atoms with Crippen LogP contribution in [0.1, 0.15) is 5.56 Å². The molecule has 0 amide bonds. The minimum Gasteiger partial charge on any atom is -0.399 e. The first-order valence-electron chi connectivity index (χ1n) is 5.12. The average Bonchev–Trinajstić information content (AvgIpc) is 2.78. The molecule has 6 nitrogen and oxygen atoms in total. The van der Waals surface area contributed by atoms with Gasteiger partial charge in [-0.25, -0.2) is 15.0 Å². The molecule has 0 aromatic heterocycles. The van der Waals surface area contributed by atoms with Gasteiger partial charge in [0.2, 0.25) is 0 Å². The average molecular weight is 226 g/mol. The number of anilines is 1. The second-order valence-electron chi connectivity index (χ2n) is 3.75. The molecule has 0 radical (unpaired) electrons. The van der Waals surface area contributed by atoms with E-state index < -0.39 is 0 Å². The van der Waals surface area contributed by atoms with Gasteiger partial charge < -0.3 is 11.5 Å². The summed E-state index contributed by atoms with van der Waals surface area (Å²) in [5.74, 6) is 1.55. The molecule has 0 aliphatic carbocycles. The Bertz CT molecular complexity index is 578. The predicted molar refractivity (Wildman–Crippen MR) is 68.7 cm³/mol. The third kappa shape index (κ3) is 1.59. The lowest BCUT2D eigenvalue weighted by molar-refractivity contribution is 1.11. The van der Waals surface area contributed by atoms with Gasteiger partial charge in [-0.2, -0.15) is 0 Å². The molecule has 2 heterocycles. The van der Waals surface area contributed by atoms with Gasteiger partial charge in [-0.3, -0.25) is 4.99 Å². The normalized spacial score (nSPS) is 21.6. The Hall–Kier alpha value is -2.50. The van der Waals surface area contributed by atoms with Gasteiger partial charge in [0.1, 0.15) is 12.2 Å². The van der Waals surface area contributed by atoms with Gasteiger partial charge in [0.15, 0.2) is 17.7 Å². The van der Waals surface area contributed by atoms with Crippen molar-refractivity contribution in [3.05, 3.63) is 29.8 Å². The number of aliphatic imine (C=N–C) groups is 4. The zero-order valence-corrected chi connectivity index (χ0v) is 8.91. The number of nitrogens with two attached hydrogens (primary N) is 2. The van der Waals surface area contributed by atoms with Gasteiger partial charge in [0.25, 0.3) is 0 Å². The van der Waals surface area contributed by atoms with Crippen LogP contribution in [0.4, 0.5) is 5.69 Å². The minimum absolute atomic E-state index is 0.312. The molecule has 0 spiro atoms. The molecule has 1 atom stereocenters. The Balaban J connectivity index is 2.02. The third-order valence-electron chi connectivity index (χ3n) is 2.55. The van der Waals surface area contributed by atoms with Gasteiger partial charge in [-0.1, -0.05) is 0 Å². The van der Waals surface area contributed by atoms with Crippen LogP contribution in [0.5, 0.6) is 0 Å². The number of hydrogen-bond acceptors (Lipinski definition) is 6. The summed E-state index contributed by atoms with van der Waals surface area (Å²) in [6.07, 6.45) is 1.46. The fourth-order valence-corrected chi connectivity index (χ4v) is 1.67. The van der Waals surface area contributed by atoms with Crippen LogP contribution in [-0.2, 0) is 0 Å². The van der Waals surface area contributed by atoms with Crippen molar-refractivity contribution >= 4 is 29.5 Å². The fraction of sp³-hybridized carbons (Fsp3) is 0.0909. The van der Waals surface area contributed by atoms with Crippen molar-refractivity contribution in [2.45, 2.75) is 6.04 Å². The van der Waals surface area contributed by atoms with E-state index in [4.69, 9.17) is 11.5 Å². The molecule has 1 unspecified atom stereocenters. The van der Waals surface area contributed by atoms with E-state index in [0.717, 1.165) is 5.56 Å². The van der Waals surface area contributed by atoms with Crippen molar-refractivity contribution in [2.75, 3.05) is 5.73 Å². The van der Waals surface area contributed by atoms with Crippen LogP contribution in [0.3, 0.4) is 0 Å². The summed E-state index contributed by atoms with van der Waals surface area (Å²) in [5.41, 5.74) is 13.0. The first-order valence-corrected chi connectivity index (χ1v) is 5.12. The SMILES string of the molecule is NC1=NC(c2ccc(N)cc2)=NC2=NC=NC12. The van der Waals surface area contributed by atoms with Crippen molar-refractivity contribution in [2.24, 2.45) is 25.7 Å². The summed E-state index contributed by atoms with van der Waals surface area (Å²) >= 11 is 0. The third-order valence-corrected chi connectivity index (χ3v) is 2.55. The number of amidine groups is 3. The molecule has 0 fully saturated rings. The van der Waals surface area contributed by atoms with E-state index in [2.05, 4.69) is 20.0 Å². The lowest BCUT2D eigenvalue weighted by Gasteiger charge is -2.14. The number of fused-ring (bicyclic) bond motifs is 1. The van der Waals surface area contributed by atoms with Crippen molar-refractivity contribution in [3.8, 4) is 0 Å². The van der Waals surface area contributed by atoms with E-state index in [9.17, 15) is 0 Å². The molecule has 4 N–H and O–H groups in total. The van der Waals surface area contributed by atoms with Gasteiger partial charge >= 0.3 is 0 Å². The zero-order valence-electron chi connectivity index (χ0n) is 8.91. The summed E-state index contributed by atoms with van der Waals surface area (Å²) in [6, 6.07) is 6.97. The molecule has 0 bridgehead atoms. The molecule has 0 saturated heterocycles. The van der Waals surface area contributed by atoms with Gasteiger partial charge in [0, 0.05) is 11.3 Å². The van der Waals surface area contributed by atoms with Crippen molar-refractivity contribution in [1.82, 2.24) is 0 Å². The Kier molecular flexibility index (Phi) is 2.01. The van der Waals surface area contributed by atoms with Crippen LogP contribution in [-0.4, -0.2) is 29.9 Å². The van der Waals surface area contributed by atoms with Crippen LogP contribution >= 0.6 is 0 Å². The predicted octanol–water partition coefficient (Wildman–Crippen LogP) is 0.195. The summed E-state index contributed by atoms with van der Waals surface area (Å²) in [7, 11) is 0. The second kappa shape index (κ2) is 3.51. The highest BCUT2D eigenvalue weighted by Crippen LogP contribution is 2.14. The number of nitrogen functional groups attached to an aromatic ring is 1. The van der Waals surface area contributed by atoms with E-state index in [1.807, 2.05) is 12.1 Å². The van der Waals surface area contributed by atoms with Gasteiger partial charge in [0.05, 0.1) is 0 Å². The van der Waals surface area contributed by atoms with Crippen molar-refractivity contribution in [1.29, 1.82) is 0 Å². The van der Waals surface area contributed by atoms with E-state index in [1.165, 1.54) is 6.34 Å². The first kappa shape index (κ1) is 9.71. The lowest BCUT2D eigenvalue weighted by Crippen LogP contribution is -2.36. The highest BCUT2D eigenvalue weighted by atomic mass is 15.2. The van der Waals surface area contributed by atoms with Gasteiger partial charge in [-0.05, 0) is 24.3 Å². The largest absolute Gasteiger partial charge is 0.399 e. The van der Waals surface area contributed by atoms with Crippen molar-refractivity contribution in [3.63, 3.8) is 0 Å². The molecule has 2 aliphatic heterocycles. The maximum Gasteiger partial charge on any atom is 0.168 e. The maximum absolute atomic E-state index is 5.83. The molecule has 3 rings (SSSR count). The summed E-state index contributed by atoms with van der Waals surface area (Å²) in [4.78, 5) is 16.7. The molecule has 84 valence electrons. The number of rotatable bonds is 1. The second-order valence-corrected chi connectivity index (χ2v) is 3.75. The Morgan fingerprint density at radius 2 is 1.76 bits per heavy atom. The number of hydrogen-bond donors (Lipinski definition) is 2. The zero-order chi connectivity index (χ0) is 11.8. The molecule has 1 aromatic carbocycles. The van der Waals surface area contributed by atoms with Gasteiger partial charge in [-0.15, -0.1) is 0 Å². The van der Waals surface area contributed by atoms with Crippen LogP contribution in [0.2, 0.25) is 0 Å². The highest BCUT2D eigenvalue weighted by molar-refractivity contribution is 6.25. The first-order chi connectivity index (χ1) is 8.24. The highest BCUT2D eigenvalue weighted by Gasteiger charge is 2.26. The summed E-state index contributed by atoms with van der Waals surface area (Å²) in [6.45, 7) is 0. The van der Waals surface area contributed by atoms with Crippen LogP contribution in [0, 0.1) is 0 Å².